The van der Waals surface area contributed by atoms with Gasteiger partial charge in [-0.25, -0.2) is 4.79 Å². The molecule has 0 aliphatic heterocycles. The number of hydrogen-bond donors (Lipinski definition) is 8. The summed E-state index contributed by atoms with van der Waals surface area (Å²) in [5, 5.41) is 36.4. The largest absolute Gasteiger partial charge is 0.508 e. The minimum Gasteiger partial charge on any atom is -0.508 e. The molecule has 0 fully saturated rings. The van der Waals surface area contributed by atoms with Gasteiger partial charge < -0.3 is 42.7 Å². The summed E-state index contributed by atoms with van der Waals surface area (Å²) >= 11 is 0. The third-order valence-electron chi connectivity index (χ3n) is 6.28. The van der Waals surface area contributed by atoms with Gasteiger partial charge in [0.05, 0.1) is 12.1 Å². The molecule has 5 unspecified atom stereocenters. The lowest BCUT2D eigenvalue weighted by Crippen LogP contribution is -2.59. The maximum atomic E-state index is 13.5. The summed E-state index contributed by atoms with van der Waals surface area (Å²) in [7, 11) is 0. The molecule has 0 saturated heterocycles. The highest BCUT2D eigenvalue weighted by Crippen LogP contribution is 2.13. The van der Waals surface area contributed by atoms with Crippen LogP contribution >= 0.6 is 0 Å². The molecule has 2 aromatic rings. The molecule has 5 atom stereocenters. The Morgan fingerprint density at radius 3 is 1.85 bits per heavy atom. The molecule has 0 bridgehead atoms. The van der Waals surface area contributed by atoms with Gasteiger partial charge in [0.1, 0.15) is 17.8 Å². The lowest BCUT2D eigenvalue weighted by molar-refractivity contribution is -0.145. The van der Waals surface area contributed by atoms with E-state index >= 15 is 0 Å². The minimum absolute atomic E-state index is 0.0169. The molecule has 0 aliphatic carbocycles. The Morgan fingerprint density at radius 1 is 0.800 bits per heavy atom. The lowest BCUT2D eigenvalue weighted by Gasteiger charge is -2.26. The Bertz CT molecular complexity index is 1110. The van der Waals surface area contributed by atoms with Crippen LogP contribution in [0.5, 0.6) is 5.75 Å². The van der Waals surface area contributed by atoms with Crippen molar-refractivity contribution in [3.05, 3.63) is 65.7 Å². The second-order valence-corrected chi connectivity index (χ2v) is 9.64. The fraction of sp³-hybridized carbons (Fsp3) is 0.429. The Hall–Kier alpha value is -4.00. The van der Waals surface area contributed by atoms with Crippen molar-refractivity contribution in [2.45, 2.75) is 69.3 Å². The van der Waals surface area contributed by atoms with Crippen molar-refractivity contribution in [2.75, 3.05) is 6.54 Å². The molecule has 12 heteroatoms. The summed E-state index contributed by atoms with van der Waals surface area (Å²) < 4.78 is 0. The smallest absolute Gasteiger partial charge is 0.328 e. The maximum Gasteiger partial charge on any atom is 0.328 e. The highest BCUT2D eigenvalue weighted by atomic mass is 16.4. The standard InChI is InChI=1S/C28H39N5O7/c1-17(34)24(28(39)40)33-27(38)23(15-18-7-3-2-4-8-18)32-26(37)22(16-19-10-12-20(35)13-11-19)31-25(36)21(30)9-5-6-14-29/h2-4,7-8,10-13,17,21-24,34-35H,5-6,9,14-16,29-30H2,1H3,(H,31,36)(H,32,37)(H,33,38)(H,39,40). The van der Waals surface area contributed by atoms with Crippen LogP contribution in [0, 0.1) is 0 Å². The number of aliphatic hydroxyl groups excluding tert-OH is 1. The first-order chi connectivity index (χ1) is 19.0. The number of aliphatic hydroxyl groups is 1. The van der Waals surface area contributed by atoms with Crippen molar-refractivity contribution in [2.24, 2.45) is 11.5 Å². The maximum absolute atomic E-state index is 13.5. The van der Waals surface area contributed by atoms with E-state index in [1.165, 1.54) is 19.1 Å². The van der Waals surface area contributed by atoms with E-state index < -0.39 is 54.0 Å². The van der Waals surface area contributed by atoms with E-state index in [0.717, 1.165) is 0 Å². The number of carboxylic acid groups (broad SMARTS) is 1. The summed E-state index contributed by atoms with van der Waals surface area (Å²) in [4.78, 5) is 51.1. The van der Waals surface area contributed by atoms with Crippen LogP contribution in [0.25, 0.3) is 0 Å². The first kappa shape index (κ1) is 32.2. The number of amides is 3. The van der Waals surface area contributed by atoms with Gasteiger partial charge in [0.25, 0.3) is 0 Å². The molecule has 0 saturated carbocycles. The first-order valence-electron chi connectivity index (χ1n) is 13.1. The Balaban J connectivity index is 2.29. The molecule has 2 aromatic carbocycles. The molecular formula is C28H39N5O7. The molecule has 2 rings (SSSR count). The lowest BCUT2D eigenvalue weighted by atomic mass is 10.0. The summed E-state index contributed by atoms with van der Waals surface area (Å²) in [5.41, 5.74) is 12.8. The Kier molecular flexibility index (Phi) is 13.0. The molecule has 0 spiro atoms. The zero-order valence-electron chi connectivity index (χ0n) is 22.5. The van der Waals surface area contributed by atoms with Gasteiger partial charge in [-0.2, -0.15) is 0 Å². The number of nitrogens with one attached hydrogen (secondary N) is 3. The average molecular weight is 558 g/mol. The number of nitrogens with two attached hydrogens (primary N) is 2. The number of aromatic hydroxyl groups is 1. The molecule has 0 aliphatic rings. The Morgan fingerprint density at radius 2 is 1.32 bits per heavy atom. The van der Waals surface area contributed by atoms with Gasteiger partial charge in [-0.1, -0.05) is 48.9 Å². The van der Waals surface area contributed by atoms with Gasteiger partial charge in [-0.15, -0.1) is 0 Å². The van der Waals surface area contributed by atoms with Crippen molar-refractivity contribution in [3.8, 4) is 5.75 Å². The number of carboxylic acids is 1. The molecule has 0 heterocycles. The molecule has 12 nitrogen and oxygen atoms in total. The number of carbonyl (C=O) groups is 4. The van der Waals surface area contributed by atoms with Gasteiger partial charge in [0, 0.05) is 12.8 Å². The quantitative estimate of drug-likeness (QED) is 0.125. The predicted octanol–water partition coefficient (Wildman–Crippen LogP) is -0.446. The number of hydrogen-bond acceptors (Lipinski definition) is 8. The van der Waals surface area contributed by atoms with Gasteiger partial charge in [0.2, 0.25) is 17.7 Å². The molecule has 10 N–H and O–H groups in total. The van der Waals surface area contributed by atoms with E-state index in [9.17, 15) is 34.5 Å². The van der Waals surface area contributed by atoms with Crippen LogP contribution in [0.2, 0.25) is 0 Å². The van der Waals surface area contributed by atoms with E-state index in [2.05, 4.69) is 16.0 Å². The summed E-state index contributed by atoms with van der Waals surface area (Å²) in [6.07, 6.45) is 0.343. The molecule has 40 heavy (non-hydrogen) atoms. The zero-order chi connectivity index (χ0) is 29.7. The second-order valence-electron chi connectivity index (χ2n) is 9.64. The fourth-order valence-electron chi connectivity index (χ4n) is 3.97. The third-order valence-corrected chi connectivity index (χ3v) is 6.28. The van der Waals surface area contributed by atoms with E-state index in [1.54, 1.807) is 42.5 Å². The van der Waals surface area contributed by atoms with Crippen molar-refractivity contribution in [1.82, 2.24) is 16.0 Å². The van der Waals surface area contributed by atoms with Gasteiger partial charge >= 0.3 is 5.97 Å². The van der Waals surface area contributed by atoms with Crippen LogP contribution in [0.4, 0.5) is 0 Å². The van der Waals surface area contributed by atoms with E-state index in [0.29, 0.717) is 36.9 Å². The van der Waals surface area contributed by atoms with E-state index in [1.807, 2.05) is 0 Å². The number of phenolic OH excluding ortho intramolecular Hbond substituents is 1. The normalized spacial score (nSPS) is 14.7. The van der Waals surface area contributed by atoms with Crippen LogP contribution in [-0.4, -0.2) is 75.8 Å². The van der Waals surface area contributed by atoms with Gasteiger partial charge in [0.15, 0.2) is 6.04 Å². The van der Waals surface area contributed by atoms with Gasteiger partial charge in [-0.05, 0) is 49.6 Å². The summed E-state index contributed by atoms with van der Waals surface area (Å²) in [6.45, 7) is 1.69. The average Bonchev–Trinajstić information content (AvgIpc) is 2.92. The SMILES string of the molecule is CC(O)C(NC(=O)C(Cc1ccccc1)NC(=O)C(Cc1ccc(O)cc1)NC(=O)C(N)CCCCN)C(=O)O. The molecule has 0 aromatic heterocycles. The minimum atomic E-state index is -1.60. The van der Waals surface area contributed by atoms with Crippen molar-refractivity contribution in [3.63, 3.8) is 0 Å². The molecule has 0 radical (unpaired) electrons. The molecular weight excluding hydrogens is 518 g/mol. The topological polar surface area (TPSA) is 217 Å². The summed E-state index contributed by atoms with van der Waals surface area (Å²) in [6, 6.07) is 10.00. The van der Waals surface area contributed by atoms with Crippen LogP contribution in [0.15, 0.2) is 54.6 Å². The van der Waals surface area contributed by atoms with E-state index in [4.69, 9.17) is 11.5 Å². The van der Waals surface area contributed by atoms with Crippen molar-refractivity contribution < 1.29 is 34.5 Å². The van der Waals surface area contributed by atoms with Crippen LogP contribution in [-0.2, 0) is 32.0 Å². The number of phenols is 1. The highest BCUT2D eigenvalue weighted by molar-refractivity contribution is 5.94. The molecule has 3 amide bonds. The van der Waals surface area contributed by atoms with Crippen molar-refractivity contribution in [1.29, 1.82) is 0 Å². The van der Waals surface area contributed by atoms with Crippen LogP contribution in [0.1, 0.15) is 37.3 Å². The third kappa shape index (κ3) is 10.6. The number of aliphatic carboxylic acids is 1. The molecule has 218 valence electrons. The monoisotopic (exact) mass is 557 g/mol. The zero-order valence-corrected chi connectivity index (χ0v) is 22.5. The summed E-state index contributed by atoms with van der Waals surface area (Å²) in [5.74, 6) is -3.48. The number of unbranched alkanes of at least 4 members (excludes halogenated alkanes) is 1. The van der Waals surface area contributed by atoms with Crippen LogP contribution in [0.3, 0.4) is 0 Å². The number of benzene rings is 2. The van der Waals surface area contributed by atoms with E-state index in [-0.39, 0.29) is 18.6 Å². The number of carbonyl (C=O) groups excluding carboxylic acids is 3. The fourth-order valence-corrected chi connectivity index (χ4v) is 3.97. The van der Waals surface area contributed by atoms with Gasteiger partial charge in [-0.3, -0.25) is 14.4 Å². The second kappa shape index (κ2) is 16.2. The van der Waals surface area contributed by atoms with Crippen molar-refractivity contribution >= 4 is 23.7 Å². The first-order valence-corrected chi connectivity index (χ1v) is 13.1. The van der Waals surface area contributed by atoms with Crippen LogP contribution < -0.4 is 27.4 Å². The Labute approximate surface area is 233 Å². The number of rotatable bonds is 16. The highest BCUT2D eigenvalue weighted by Gasteiger charge is 2.32. The predicted molar refractivity (Wildman–Crippen MR) is 148 cm³/mol.